The number of hydrogen-bond acceptors (Lipinski definition) is 6. The molecule has 1 aliphatic rings. The Morgan fingerprint density at radius 1 is 0.842 bits per heavy atom. The van der Waals surface area contributed by atoms with Crippen molar-refractivity contribution in [2.24, 2.45) is 0 Å². The Morgan fingerprint density at radius 3 is 2.08 bits per heavy atom. The highest BCUT2D eigenvalue weighted by Crippen LogP contribution is 2.28. The average Bonchev–Trinajstić information content (AvgIpc) is 2.89. The number of amides is 1. The van der Waals surface area contributed by atoms with Gasteiger partial charge in [0.15, 0.2) is 9.84 Å². The van der Waals surface area contributed by atoms with Crippen LogP contribution in [0.3, 0.4) is 0 Å². The molecule has 1 amide bonds. The quantitative estimate of drug-likeness (QED) is 0.415. The van der Waals surface area contributed by atoms with E-state index >= 15 is 0 Å². The first-order chi connectivity index (χ1) is 18.0. The van der Waals surface area contributed by atoms with Gasteiger partial charge in [0.05, 0.1) is 15.5 Å². The molecule has 202 valence electrons. The maximum Gasteiger partial charge on any atom is 0.255 e. The van der Waals surface area contributed by atoms with Crippen LogP contribution in [0.5, 0.6) is 0 Å². The number of benzene rings is 3. The molecule has 0 atom stereocenters. The maximum atomic E-state index is 12.8. The van der Waals surface area contributed by atoms with Gasteiger partial charge in [-0.1, -0.05) is 24.6 Å². The van der Waals surface area contributed by atoms with Gasteiger partial charge in [-0.25, -0.2) is 16.8 Å². The number of hydrogen-bond donors (Lipinski definition) is 2. The highest BCUT2D eigenvalue weighted by Gasteiger charge is 2.25. The Kier molecular flexibility index (Phi) is 8.25. The Labute approximate surface area is 225 Å². The summed E-state index contributed by atoms with van der Waals surface area (Å²) in [6.07, 6.45) is 3.99. The van der Waals surface area contributed by atoms with E-state index in [4.69, 9.17) is 0 Å². The van der Waals surface area contributed by atoms with Crippen LogP contribution in [0.4, 0.5) is 11.4 Å². The zero-order valence-electron chi connectivity index (χ0n) is 21.8. The second-order valence-corrected chi connectivity index (χ2v) is 13.5. The van der Waals surface area contributed by atoms with Crippen molar-refractivity contribution in [1.29, 1.82) is 0 Å². The molecular weight excluding hydrogens is 522 g/mol. The summed E-state index contributed by atoms with van der Waals surface area (Å²) >= 11 is 0. The van der Waals surface area contributed by atoms with Crippen LogP contribution < -0.4 is 10.6 Å². The zero-order chi connectivity index (χ0) is 27.5. The van der Waals surface area contributed by atoms with Crippen molar-refractivity contribution in [3.63, 3.8) is 0 Å². The molecule has 1 aliphatic heterocycles. The minimum Gasteiger partial charge on any atom is -0.380 e. The van der Waals surface area contributed by atoms with Crippen LogP contribution in [0.25, 0.3) is 0 Å². The van der Waals surface area contributed by atoms with Gasteiger partial charge in [0.2, 0.25) is 10.0 Å². The number of carbonyl (C=O) groups excluding carboxylic acids is 1. The van der Waals surface area contributed by atoms with Crippen molar-refractivity contribution < 1.29 is 21.6 Å². The standard InChI is InChI=1S/C28H33N3O5S2/c1-20-7-16-26(27(21(20)2)37(3,33)34)29-19-22-8-10-23(11-9-22)28(32)30-24-12-14-25(15-13-24)38(35,36)31-17-5-4-6-18-31/h7-16,29H,4-6,17-19H2,1-3H3,(H,30,32). The van der Waals surface area contributed by atoms with E-state index in [0.29, 0.717) is 41.5 Å². The molecule has 2 N–H and O–H groups in total. The minimum absolute atomic E-state index is 0.219. The van der Waals surface area contributed by atoms with Crippen molar-refractivity contribution in [2.45, 2.75) is 49.4 Å². The first-order valence-corrected chi connectivity index (χ1v) is 15.8. The van der Waals surface area contributed by atoms with Crippen LogP contribution >= 0.6 is 0 Å². The summed E-state index contributed by atoms with van der Waals surface area (Å²) in [6, 6.07) is 16.9. The van der Waals surface area contributed by atoms with E-state index in [1.165, 1.54) is 22.7 Å². The smallest absolute Gasteiger partial charge is 0.255 e. The fourth-order valence-electron chi connectivity index (χ4n) is 4.55. The fourth-order valence-corrected chi connectivity index (χ4v) is 7.32. The number of sulfonamides is 1. The van der Waals surface area contributed by atoms with Gasteiger partial charge in [-0.2, -0.15) is 4.31 Å². The molecule has 4 rings (SSSR count). The number of piperidine rings is 1. The molecule has 0 saturated carbocycles. The van der Waals surface area contributed by atoms with Crippen LogP contribution in [0, 0.1) is 13.8 Å². The van der Waals surface area contributed by atoms with Gasteiger partial charge in [0, 0.05) is 37.1 Å². The summed E-state index contributed by atoms with van der Waals surface area (Å²) in [4.78, 5) is 13.3. The van der Waals surface area contributed by atoms with Crippen LogP contribution in [0.15, 0.2) is 70.5 Å². The van der Waals surface area contributed by atoms with E-state index in [1.54, 1.807) is 49.4 Å². The van der Waals surface area contributed by atoms with E-state index < -0.39 is 19.9 Å². The predicted octanol–water partition coefficient (Wildman–Crippen LogP) is 4.75. The SMILES string of the molecule is Cc1ccc(NCc2ccc(C(=O)Nc3ccc(S(=O)(=O)N4CCCCC4)cc3)cc2)c(S(C)(=O)=O)c1C. The van der Waals surface area contributed by atoms with Crippen molar-refractivity contribution in [1.82, 2.24) is 4.31 Å². The number of carbonyl (C=O) groups is 1. The molecule has 38 heavy (non-hydrogen) atoms. The number of rotatable bonds is 8. The Morgan fingerprint density at radius 2 is 1.47 bits per heavy atom. The van der Waals surface area contributed by atoms with Crippen LogP contribution in [-0.4, -0.2) is 46.4 Å². The first-order valence-electron chi connectivity index (χ1n) is 12.5. The first kappa shape index (κ1) is 27.8. The molecule has 0 spiro atoms. The topological polar surface area (TPSA) is 113 Å². The molecule has 0 bridgehead atoms. The third-order valence-corrected chi connectivity index (χ3v) is 9.99. The van der Waals surface area contributed by atoms with Gasteiger partial charge in [0.1, 0.15) is 0 Å². The zero-order valence-corrected chi connectivity index (χ0v) is 23.5. The van der Waals surface area contributed by atoms with Crippen LogP contribution in [0.2, 0.25) is 0 Å². The molecule has 10 heteroatoms. The van der Waals surface area contributed by atoms with E-state index in [1.807, 2.05) is 13.0 Å². The molecule has 1 saturated heterocycles. The maximum absolute atomic E-state index is 12.8. The van der Waals surface area contributed by atoms with E-state index in [-0.39, 0.29) is 10.8 Å². The lowest BCUT2D eigenvalue weighted by Crippen LogP contribution is -2.35. The number of nitrogens with one attached hydrogen (secondary N) is 2. The highest BCUT2D eigenvalue weighted by molar-refractivity contribution is 7.91. The predicted molar refractivity (Wildman–Crippen MR) is 150 cm³/mol. The van der Waals surface area contributed by atoms with E-state index in [9.17, 15) is 21.6 Å². The average molecular weight is 556 g/mol. The summed E-state index contributed by atoms with van der Waals surface area (Å²) in [5.41, 5.74) is 4.00. The second-order valence-electron chi connectivity index (χ2n) is 9.65. The summed E-state index contributed by atoms with van der Waals surface area (Å²) < 4.78 is 51.8. The van der Waals surface area contributed by atoms with Crippen LogP contribution in [0.1, 0.15) is 46.3 Å². The normalized spacial score (nSPS) is 14.7. The highest BCUT2D eigenvalue weighted by atomic mass is 32.2. The minimum atomic E-state index is -3.52. The lowest BCUT2D eigenvalue weighted by atomic mass is 10.1. The van der Waals surface area contributed by atoms with E-state index in [2.05, 4.69) is 10.6 Å². The third kappa shape index (κ3) is 6.25. The molecule has 3 aromatic carbocycles. The van der Waals surface area contributed by atoms with Gasteiger partial charge in [-0.15, -0.1) is 0 Å². The monoisotopic (exact) mass is 555 g/mol. The Balaban J connectivity index is 1.39. The van der Waals surface area contributed by atoms with Crippen molar-refractivity contribution >= 4 is 37.1 Å². The molecule has 0 unspecified atom stereocenters. The molecule has 8 nitrogen and oxygen atoms in total. The number of aryl methyl sites for hydroxylation is 1. The molecule has 0 aliphatic carbocycles. The largest absolute Gasteiger partial charge is 0.380 e. The molecule has 1 heterocycles. The summed E-state index contributed by atoms with van der Waals surface area (Å²) in [5.74, 6) is -0.315. The second kappa shape index (κ2) is 11.3. The number of anilines is 2. The molecule has 3 aromatic rings. The fraction of sp³-hybridized carbons (Fsp3) is 0.321. The summed E-state index contributed by atoms with van der Waals surface area (Å²) in [7, 11) is -6.93. The lowest BCUT2D eigenvalue weighted by Gasteiger charge is -2.25. The number of nitrogens with zero attached hydrogens (tertiary/aromatic N) is 1. The Hall–Kier alpha value is -3.21. The van der Waals surface area contributed by atoms with Gasteiger partial charge < -0.3 is 10.6 Å². The number of sulfone groups is 1. The molecular formula is C28H33N3O5S2. The molecule has 1 fully saturated rings. The summed E-state index contributed by atoms with van der Waals surface area (Å²) in [6.45, 7) is 5.14. The third-order valence-electron chi connectivity index (χ3n) is 6.81. The van der Waals surface area contributed by atoms with Gasteiger partial charge in [-0.3, -0.25) is 4.79 Å². The van der Waals surface area contributed by atoms with Gasteiger partial charge in [0.25, 0.3) is 5.91 Å². The molecule has 0 aromatic heterocycles. The lowest BCUT2D eigenvalue weighted by molar-refractivity contribution is 0.102. The van der Waals surface area contributed by atoms with Crippen LogP contribution in [-0.2, 0) is 26.4 Å². The van der Waals surface area contributed by atoms with Crippen molar-refractivity contribution in [3.05, 3.63) is 82.9 Å². The Bertz CT molecular complexity index is 1530. The van der Waals surface area contributed by atoms with E-state index in [0.717, 1.165) is 36.0 Å². The van der Waals surface area contributed by atoms with Crippen molar-refractivity contribution in [3.8, 4) is 0 Å². The van der Waals surface area contributed by atoms with Gasteiger partial charge >= 0.3 is 0 Å². The van der Waals surface area contributed by atoms with Gasteiger partial charge in [-0.05, 0) is 85.8 Å². The van der Waals surface area contributed by atoms with Crippen molar-refractivity contribution in [2.75, 3.05) is 30.0 Å². The molecule has 0 radical (unpaired) electrons. The summed E-state index contributed by atoms with van der Waals surface area (Å²) in [5, 5.41) is 6.00.